The van der Waals surface area contributed by atoms with Gasteiger partial charge in [-0.3, -0.25) is 0 Å². The zero-order valence-corrected chi connectivity index (χ0v) is 4.46. The topological polar surface area (TPSA) is 36.9 Å². The summed E-state index contributed by atoms with van der Waals surface area (Å²) >= 11 is 0. The highest BCUT2D eigenvalue weighted by molar-refractivity contribution is 4.27. The molecule has 0 aromatic rings. The van der Waals surface area contributed by atoms with Crippen molar-refractivity contribution in [3.63, 3.8) is 0 Å². The van der Waals surface area contributed by atoms with Crippen molar-refractivity contribution < 1.29 is 19.6 Å². The third-order valence-electron chi connectivity index (χ3n) is 0.718. The Morgan fingerprint density at radius 3 is 1.89 bits per heavy atom. The van der Waals surface area contributed by atoms with Crippen molar-refractivity contribution in [1.82, 2.24) is 0 Å². The lowest BCUT2D eigenvalue weighted by Gasteiger charge is -2.07. The molecule has 0 aromatic heterocycles. The zero-order chi connectivity index (χ0) is 5.66. The third-order valence-corrected chi connectivity index (χ3v) is 0.718. The van der Waals surface area contributed by atoms with Gasteiger partial charge in [0.1, 0.15) is 0 Å². The Kier molecular flexibility index (Phi) is 5.86. The number of hydrogen-bond acceptors (Lipinski definition) is 4. The molecule has 4 heteroatoms. The Morgan fingerprint density at radius 1 is 0.778 bits per heavy atom. The largest absolute Gasteiger partial charge is 0.234 e. The molecular formula is C5H12O4. The van der Waals surface area contributed by atoms with E-state index >= 15 is 0 Å². The van der Waals surface area contributed by atoms with Gasteiger partial charge in [-0.25, -0.2) is 19.6 Å². The van der Waals surface area contributed by atoms with E-state index in [-0.39, 0.29) is 14.2 Å². The fourth-order valence-electron chi connectivity index (χ4n) is 0.382. The van der Waals surface area contributed by atoms with E-state index in [1.165, 1.54) is 0 Å². The molecule has 1 saturated heterocycles. The molecule has 4 nitrogen and oxygen atoms in total. The van der Waals surface area contributed by atoms with E-state index in [9.17, 15) is 0 Å². The molecule has 1 heterocycles. The van der Waals surface area contributed by atoms with Gasteiger partial charge in [0.25, 0.3) is 0 Å². The average molecular weight is 136 g/mol. The van der Waals surface area contributed by atoms with Crippen LogP contribution in [0.2, 0.25) is 0 Å². The molecule has 56 valence electrons. The summed E-state index contributed by atoms with van der Waals surface area (Å²) in [7, 11) is 0. The fraction of sp³-hybridized carbons (Fsp3) is 1.00. The van der Waals surface area contributed by atoms with Gasteiger partial charge < -0.3 is 0 Å². The molecule has 0 saturated carbocycles. The molecule has 0 N–H and O–H groups in total. The Bertz CT molecular complexity index is 32.9. The molecule has 1 aliphatic heterocycles. The van der Waals surface area contributed by atoms with Crippen LogP contribution >= 0.6 is 0 Å². The molecule has 0 aromatic carbocycles. The molecule has 0 aliphatic carbocycles. The smallest absolute Gasteiger partial charge is 0.214 e. The van der Waals surface area contributed by atoms with E-state index < -0.39 is 0 Å². The van der Waals surface area contributed by atoms with Crippen LogP contribution in [-0.2, 0) is 19.6 Å². The normalized spacial score (nSPS) is 21.3. The second-order valence-electron chi connectivity index (χ2n) is 1.35. The number of hydrogen-bond donors (Lipinski definition) is 0. The summed E-state index contributed by atoms with van der Waals surface area (Å²) in [6, 6.07) is 0. The first-order valence-electron chi connectivity index (χ1n) is 2.49. The van der Waals surface area contributed by atoms with Gasteiger partial charge >= 0.3 is 0 Å². The predicted molar refractivity (Wildman–Crippen MR) is 30.3 cm³/mol. The molecule has 0 unspecified atom stereocenters. The summed E-state index contributed by atoms with van der Waals surface area (Å²) < 4.78 is 0. The summed E-state index contributed by atoms with van der Waals surface area (Å²) in [5.41, 5.74) is 0. The van der Waals surface area contributed by atoms with Gasteiger partial charge in [0.05, 0.1) is 13.2 Å². The summed E-state index contributed by atoms with van der Waals surface area (Å²) in [5, 5.41) is 0. The molecular weight excluding hydrogens is 124 g/mol. The molecule has 0 spiro atoms. The molecule has 0 atom stereocenters. The van der Waals surface area contributed by atoms with Crippen LogP contribution in [0.1, 0.15) is 13.8 Å². The van der Waals surface area contributed by atoms with Crippen molar-refractivity contribution in [3.05, 3.63) is 0 Å². The van der Waals surface area contributed by atoms with E-state index in [1.807, 2.05) is 0 Å². The van der Waals surface area contributed by atoms with Gasteiger partial charge in [-0.2, -0.15) is 0 Å². The van der Waals surface area contributed by atoms with Gasteiger partial charge in [-0.1, -0.05) is 7.43 Å². The van der Waals surface area contributed by atoms with E-state index in [1.54, 1.807) is 0 Å². The molecule has 1 rings (SSSR count). The highest BCUT2D eigenvalue weighted by atomic mass is 17.3. The predicted octanol–water partition coefficient (Wildman–Crippen LogP) is 0.880. The van der Waals surface area contributed by atoms with Crippen LogP contribution < -0.4 is 0 Å². The highest BCUT2D eigenvalue weighted by Crippen LogP contribution is 1.92. The maximum Gasteiger partial charge on any atom is 0.214 e. The van der Waals surface area contributed by atoms with Crippen LogP contribution in [0.15, 0.2) is 0 Å². The van der Waals surface area contributed by atoms with Crippen molar-refractivity contribution in [1.29, 1.82) is 0 Å². The molecule has 0 radical (unpaired) electrons. The average Bonchev–Trinajstić information content (AvgIpc) is 1.62. The Labute approximate surface area is 54.5 Å². The Hall–Kier alpha value is -0.160. The van der Waals surface area contributed by atoms with Crippen molar-refractivity contribution in [2.75, 3.05) is 20.0 Å². The maximum atomic E-state index is 4.57. The Morgan fingerprint density at radius 2 is 1.33 bits per heavy atom. The van der Waals surface area contributed by atoms with Crippen molar-refractivity contribution in [2.24, 2.45) is 0 Å². The van der Waals surface area contributed by atoms with Gasteiger partial charge in [0, 0.05) is 6.42 Å². The molecule has 0 bridgehead atoms. The summed E-state index contributed by atoms with van der Waals surface area (Å²) in [6.45, 7) is 1.20. The van der Waals surface area contributed by atoms with Gasteiger partial charge in [-0.15, -0.1) is 0 Å². The standard InChI is InChI=1S/C4H8O4.CH4/c1-2-5-7-4-8-6-3-1;/h1-4H2;1H4. The first kappa shape index (κ1) is 8.84. The fourth-order valence-corrected chi connectivity index (χ4v) is 0.382. The van der Waals surface area contributed by atoms with Crippen LogP contribution in [0.3, 0.4) is 0 Å². The molecule has 1 aliphatic rings. The van der Waals surface area contributed by atoms with Gasteiger partial charge in [0.15, 0.2) is 0 Å². The van der Waals surface area contributed by atoms with Crippen LogP contribution in [0.25, 0.3) is 0 Å². The van der Waals surface area contributed by atoms with Gasteiger partial charge in [0.2, 0.25) is 6.79 Å². The minimum atomic E-state index is 0. The molecule has 9 heavy (non-hydrogen) atoms. The van der Waals surface area contributed by atoms with E-state index in [2.05, 4.69) is 19.6 Å². The maximum absolute atomic E-state index is 4.57. The number of rotatable bonds is 0. The minimum absolute atomic E-state index is 0. The van der Waals surface area contributed by atoms with Crippen molar-refractivity contribution >= 4 is 0 Å². The quantitative estimate of drug-likeness (QED) is 0.463. The summed E-state index contributed by atoms with van der Waals surface area (Å²) in [4.78, 5) is 18.0. The first-order chi connectivity index (χ1) is 4.00. The van der Waals surface area contributed by atoms with E-state index in [0.29, 0.717) is 13.2 Å². The van der Waals surface area contributed by atoms with E-state index in [0.717, 1.165) is 6.42 Å². The lowest BCUT2D eigenvalue weighted by Crippen LogP contribution is -2.10. The second kappa shape index (κ2) is 5.97. The van der Waals surface area contributed by atoms with E-state index in [4.69, 9.17) is 0 Å². The van der Waals surface area contributed by atoms with Crippen LogP contribution in [0.5, 0.6) is 0 Å². The second-order valence-corrected chi connectivity index (χ2v) is 1.35. The highest BCUT2D eigenvalue weighted by Gasteiger charge is 1.96. The summed E-state index contributed by atoms with van der Waals surface area (Å²) in [6.07, 6.45) is 0.806. The van der Waals surface area contributed by atoms with Crippen LogP contribution in [0.4, 0.5) is 0 Å². The van der Waals surface area contributed by atoms with Crippen LogP contribution in [-0.4, -0.2) is 20.0 Å². The summed E-state index contributed by atoms with van der Waals surface area (Å²) in [5.74, 6) is 0. The molecule has 0 amide bonds. The SMILES string of the molecule is C.C1COOCOOC1. The van der Waals surface area contributed by atoms with Gasteiger partial charge in [-0.05, 0) is 0 Å². The lowest BCUT2D eigenvalue weighted by atomic mass is 10.5. The zero-order valence-electron chi connectivity index (χ0n) is 4.46. The first-order valence-corrected chi connectivity index (χ1v) is 2.49. The van der Waals surface area contributed by atoms with Crippen LogP contribution in [0, 0.1) is 0 Å². The van der Waals surface area contributed by atoms with Crippen molar-refractivity contribution in [3.8, 4) is 0 Å². The Balaban J connectivity index is 0.000000640. The van der Waals surface area contributed by atoms with Crippen molar-refractivity contribution in [2.45, 2.75) is 13.8 Å². The lowest BCUT2D eigenvalue weighted by molar-refractivity contribution is -0.434. The minimum Gasteiger partial charge on any atom is -0.234 e. The molecule has 1 fully saturated rings. The third kappa shape index (κ3) is 4.35. The monoisotopic (exact) mass is 136 g/mol.